The number of rotatable bonds is 7. The van der Waals surface area contributed by atoms with E-state index in [1.807, 2.05) is 13.0 Å². The van der Waals surface area contributed by atoms with Gasteiger partial charge in [0.15, 0.2) is 0 Å². The standard InChI is InChI=1S/C14H26N4/c1-6-7-8-18(5)14-16-12(4)9-13(17-14)15-10-11(2)3/h9,11H,6-8,10H2,1-5H3,(H,15,16,17). The van der Waals surface area contributed by atoms with E-state index in [2.05, 4.69) is 48.0 Å². The molecule has 0 saturated heterocycles. The zero-order valence-electron chi connectivity index (χ0n) is 12.3. The summed E-state index contributed by atoms with van der Waals surface area (Å²) in [6.45, 7) is 10.5. The van der Waals surface area contributed by atoms with Crippen molar-refractivity contribution in [1.29, 1.82) is 0 Å². The Morgan fingerprint density at radius 3 is 2.67 bits per heavy atom. The Bertz CT molecular complexity index is 363. The van der Waals surface area contributed by atoms with E-state index in [0.29, 0.717) is 5.92 Å². The molecule has 0 radical (unpaired) electrons. The molecule has 1 N–H and O–H groups in total. The molecule has 1 heterocycles. The molecule has 1 aromatic rings. The van der Waals surface area contributed by atoms with Gasteiger partial charge in [0.05, 0.1) is 0 Å². The van der Waals surface area contributed by atoms with Crippen molar-refractivity contribution in [2.45, 2.75) is 40.5 Å². The Labute approximate surface area is 111 Å². The van der Waals surface area contributed by atoms with Gasteiger partial charge in [-0.15, -0.1) is 0 Å². The van der Waals surface area contributed by atoms with E-state index in [4.69, 9.17) is 0 Å². The Morgan fingerprint density at radius 1 is 1.33 bits per heavy atom. The first-order chi connectivity index (χ1) is 8.52. The Balaban J connectivity index is 2.73. The molecule has 0 aliphatic rings. The highest BCUT2D eigenvalue weighted by Crippen LogP contribution is 2.13. The summed E-state index contributed by atoms with van der Waals surface area (Å²) in [4.78, 5) is 11.2. The number of aromatic nitrogens is 2. The molecule has 1 aromatic heterocycles. The minimum Gasteiger partial charge on any atom is -0.370 e. The molecular formula is C14H26N4. The number of unbranched alkanes of at least 4 members (excludes halogenated alkanes) is 1. The summed E-state index contributed by atoms with van der Waals surface area (Å²) >= 11 is 0. The lowest BCUT2D eigenvalue weighted by molar-refractivity contribution is 0.686. The maximum absolute atomic E-state index is 4.56. The number of nitrogens with zero attached hydrogens (tertiary/aromatic N) is 3. The van der Waals surface area contributed by atoms with Gasteiger partial charge in [-0.1, -0.05) is 27.2 Å². The first-order valence-corrected chi connectivity index (χ1v) is 6.83. The second kappa shape index (κ2) is 7.19. The summed E-state index contributed by atoms with van der Waals surface area (Å²) in [5.74, 6) is 2.35. The predicted molar refractivity (Wildman–Crippen MR) is 78.3 cm³/mol. The van der Waals surface area contributed by atoms with Crippen LogP contribution >= 0.6 is 0 Å². The van der Waals surface area contributed by atoms with Gasteiger partial charge in [-0.3, -0.25) is 0 Å². The van der Waals surface area contributed by atoms with Crippen LogP contribution in [-0.4, -0.2) is 30.1 Å². The molecule has 0 spiro atoms. The third-order valence-electron chi connectivity index (χ3n) is 2.72. The van der Waals surface area contributed by atoms with E-state index in [9.17, 15) is 0 Å². The number of hydrogen-bond acceptors (Lipinski definition) is 4. The maximum Gasteiger partial charge on any atom is 0.227 e. The molecule has 0 bridgehead atoms. The van der Waals surface area contributed by atoms with Crippen molar-refractivity contribution in [2.75, 3.05) is 30.4 Å². The van der Waals surface area contributed by atoms with Gasteiger partial charge in [0, 0.05) is 31.9 Å². The highest BCUT2D eigenvalue weighted by atomic mass is 15.2. The Kier molecular flexibility index (Phi) is 5.89. The molecule has 0 amide bonds. The molecular weight excluding hydrogens is 224 g/mol. The van der Waals surface area contributed by atoms with Gasteiger partial charge in [0.25, 0.3) is 0 Å². The molecule has 0 atom stereocenters. The second-order valence-electron chi connectivity index (χ2n) is 5.24. The minimum absolute atomic E-state index is 0.613. The first kappa shape index (κ1) is 14.7. The van der Waals surface area contributed by atoms with Gasteiger partial charge < -0.3 is 10.2 Å². The van der Waals surface area contributed by atoms with Crippen LogP contribution in [0.15, 0.2) is 6.07 Å². The fourth-order valence-corrected chi connectivity index (χ4v) is 1.62. The van der Waals surface area contributed by atoms with E-state index in [0.717, 1.165) is 30.5 Å². The third-order valence-corrected chi connectivity index (χ3v) is 2.72. The van der Waals surface area contributed by atoms with Crippen molar-refractivity contribution in [3.63, 3.8) is 0 Å². The Hall–Kier alpha value is -1.32. The van der Waals surface area contributed by atoms with E-state index < -0.39 is 0 Å². The second-order valence-corrected chi connectivity index (χ2v) is 5.24. The number of aryl methyl sites for hydroxylation is 1. The number of nitrogens with one attached hydrogen (secondary N) is 1. The lowest BCUT2D eigenvalue weighted by Gasteiger charge is -2.18. The zero-order valence-corrected chi connectivity index (χ0v) is 12.3. The largest absolute Gasteiger partial charge is 0.370 e. The molecule has 0 fully saturated rings. The fraction of sp³-hybridized carbons (Fsp3) is 0.714. The fourth-order valence-electron chi connectivity index (χ4n) is 1.62. The molecule has 102 valence electrons. The van der Waals surface area contributed by atoms with Crippen molar-refractivity contribution in [3.8, 4) is 0 Å². The summed E-state index contributed by atoms with van der Waals surface area (Å²) in [6, 6.07) is 2.00. The molecule has 4 heteroatoms. The Morgan fingerprint density at radius 2 is 2.06 bits per heavy atom. The van der Waals surface area contributed by atoms with Gasteiger partial charge >= 0.3 is 0 Å². The lowest BCUT2D eigenvalue weighted by atomic mass is 10.2. The topological polar surface area (TPSA) is 41.1 Å². The smallest absolute Gasteiger partial charge is 0.227 e. The van der Waals surface area contributed by atoms with Crippen LogP contribution in [0.4, 0.5) is 11.8 Å². The van der Waals surface area contributed by atoms with Crippen molar-refractivity contribution in [1.82, 2.24) is 9.97 Å². The molecule has 18 heavy (non-hydrogen) atoms. The van der Waals surface area contributed by atoms with Crippen LogP contribution in [0.5, 0.6) is 0 Å². The van der Waals surface area contributed by atoms with E-state index >= 15 is 0 Å². The van der Waals surface area contributed by atoms with E-state index in [-0.39, 0.29) is 0 Å². The molecule has 0 saturated carbocycles. The normalized spacial score (nSPS) is 10.8. The molecule has 0 aliphatic carbocycles. The van der Waals surface area contributed by atoms with Crippen molar-refractivity contribution < 1.29 is 0 Å². The van der Waals surface area contributed by atoms with E-state index in [1.54, 1.807) is 0 Å². The van der Waals surface area contributed by atoms with Crippen LogP contribution in [0.25, 0.3) is 0 Å². The SMILES string of the molecule is CCCCN(C)c1nc(C)cc(NCC(C)C)n1. The highest BCUT2D eigenvalue weighted by molar-refractivity contribution is 5.43. The van der Waals surface area contributed by atoms with Gasteiger partial charge in [0.2, 0.25) is 5.95 Å². The highest BCUT2D eigenvalue weighted by Gasteiger charge is 2.07. The molecule has 0 aromatic carbocycles. The lowest BCUT2D eigenvalue weighted by Crippen LogP contribution is -2.22. The average molecular weight is 250 g/mol. The first-order valence-electron chi connectivity index (χ1n) is 6.83. The summed E-state index contributed by atoms with van der Waals surface area (Å²) in [7, 11) is 2.05. The van der Waals surface area contributed by atoms with Crippen LogP contribution in [0.3, 0.4) is 0 Å². The van der Waals surface area contributed by atoms with Crippen molar-refractivity contribution in [3.05, 3.63) is 11.8 Å². The zero-order chi connectivity index (χ0) is 13.5. The van der Waals surface area contributed by atoms with Crippen LogP contribution in [0, 0.1) is 12.8 Å². The van der Waals surface area contributed by atoms with Crippen LogP contribution in [0.1, 0.15) is 39.3 Å². The van der Waals surface area contributed by atoms with Gasteiger partial charge in [-0.2, -0.15) is 4.98 Å². The third kappa shape index (κ3) is 4.90. The molecule has 0 unspecified atom stereocenters. The molecule has 0 aliphatic heterocycles. The summed E-state index contributed by atoms with van der Waals surface area (Å²) in [5.41, 5.74) is 1.01. The van der Waals surface area contributed by atoms with Crippen LogP contribution in [-0.2, 0) is 0 Å². The molecule has 4 nitrogen and oxygen atoms in total. The minimum atomic E-state index is 0.613. The van der Waals surface area contributed by atoms with Crippen molar-refractivity contribution >= 4 is 11.8 Å². The predicted octanol–water partition coefficient (Wildman–Crippen LogP) is 3.09. The van der Waals surface area contributed by atoms with E-state index in [1.165, 1.54) is 12.8 Å². The van der Waals surface area contributed by atoms with Crippen LogP contribution < -0.4 is 10.2 Å². The van der Waals surface area contributed by atoms with Gasteiger partial charge in [-0.25, -0.2) is 4.98 Å². The average Bonchev–Trinajstić information content (AvgIpc) is 2.32. The number of anilines is 2. The summed E-state index contributed by atoms with van der Waals surface area (Å²) < 4.78 is 0. The number of hydrogen-bond donors (Lipinski definition) is 1. The van der Waals surface area contributed by atoms with Gasteiger partial charge in [-0.05, 0) is 19.3 Å². The van der Waals surface area contributed by atoms with Crippen LogP contribution in [0.2, 0.25) is 0 Å². The van der Waals surface area contributed by atoms with Gasteiger partial charge in [0.1, 0.15) is 5.82 Å². The monoisotopic (exact) mass is 250 g/mol. The quantitative estimate of drug-likeness (QED) is 0.807. The maximum atomic E-state index is 4.56. The summed E-state index contributed by atoms with van der Waals surface area (Å²) in [5, 5.41) is 3.36. The van der Waals surface area contributed by atoms with Crippen molar-refractivity contribution in [2.24, 2.45) is 5.92 Å². The summed E-state index contributed by atoms with van der Waals surface area (Å²) in [6.07, 6.45) is 2.36. The molecule has 1 rings (SSSR count).